The van der Waals surface area contributed by atoms with E-state index in [2.05, 4.69) is 0 Å². The molecule has 0 aromatic carbocycles. The van der Waals surface area contributed by atoms with Gasteiger partial charge in [0.1, 0.15) is 0 Å². The minimum atomic E-state index is -2.88. The van der Waals surface area contributed by atoms with Crippen molar-refractivity contribution in [2.75, 3.05) is 6.26 Å². The molecule has 0 aromatic rings. The molecule has 14 heavy (non-hydrogen) atoms. The lowest BCUT2D eigenvalue weighted by atomic mass is 9.77. The van der Waals surface area contributed by atoms with Gasteiger partial charge < -0.3 is 5.73 Å². The third-order valence-corrected chi connectivity index (χ3v) is 7.10. The molecule has 0 amide bonds. The number of hydrogen-bond donors (Lipinski definition) is 1. The minimum Gasteiger partial charge on any atom is -0.327 e. The second-order valence-electron chi connectivity index (χ2n) is 5.51. The lowest BCUT2D eigenvalue weighted by Crippen LogP contribution is -2.45. The van der Waals surface area contributed by atoms with Gasteiger partial charge in [0.15, 0.2) is 9.84 Å². The van der Waals surface area contributed by atoms with E-state index in [9.17, 15) is 8.42 Å². The van der Waals surface area contributed by atoms with E-state index in [1.165, 1.54) is 6.26 Å². The second kappa shape index (κ2) is 2.35. The van der Waals surface area contributed by atoms with E-state index >= 15 is 0 Å². The van der Waals surface area contributed by atoms with Crippen LogP contribution in [0.15, 0.2) is 0 Å². The van der Waals surface area contributed by atoms with Crippen molar-refractivity contribution in [2.24, 2.45) is 23.5 Å². The zero-order valence-corrected chi connectivity index (χ0v) is 9.26. The van der Waals surface area contributed by atoms with Crippen LogP contribution in [0.25, 0.3) is 0 Å². The highest BCUT2D eigenvalue weighted by Crippen LogP contribution is 2.62. The molecule has 4 fully saturated rings. The fourth-order valence-electron chi connectivity index (χ4n) is 4.30. The molecule has 0 radical (unpaired) electrons. The molecule has 0 heterocycles. The maximum atomic E-state index is 11.9. The van der Waals surface area contributed by atoms with Crippen LogP contribution in [-0.4, -0.2) is 25.5 Å². The van der Waals surface area contributed by atoms with Gasteiger partial charge in [0.25, 0.3) is 0 Å². The summed E-state index contributed by atoms with van der Waals surface area (Å²) in [6.07, 6.45) is 5.22. The number of hydrogen-bond acceptors (Lipinski definition) is 3. The SMILES string of the molecule is CS(=O)(=O)C12CC3CC1CC(C2)C3N. The zero-order valence-electron chi connectivity index (χ0n) is 8.44. The molecule has 4 saturated carbocycles. The van der Waals surface area contributed by atoms with Crippen molar-refractivity contribution >= 4 is 9.84 Å². The monoisotopic (exact) mass is 215 g/mol. The Bertz CT molecular complexity index is 360. The van der Waals surface area contributed by atoms with E-state index in [-0.39, 0.29) is 10.8 Å². The minimum absolute atomic E-state index is 0.281. The molecule has 0 spiro atoms. The molecule has 4 bridgehead atoms. The fourth-order valence-corrected chi connectivity index (χ4v) is 6.14. The summed E-state index contributed by atoms with van der Waals surface area (Å²) in [6, 6.07) is 0.281. The van der Waals surface area contributed by atoms with Crippen molar-refractivity contribution in [3.63, 3.8) is 0 Å². The van der Waals surface area contributed by atoms with Gasteiger partial charge in [-0.1, -0.05) is 0 Å². The van der Waals surface area contributed by atoms with E-state index in [4.69, 9.17) is 5.73 Å². The van der Waals surface area contributed by atoms with Gasteiger partial charge in [-0.3, -0.25) is 0 Å². The third kappa shape index (κ3) is 0.847. The Morgan fingerprint density at radius 3 is 2.07 bits per heavy atom. The fraction of sp³-hybridized carbons (Fsp3) is 1.00. The van der Waals surface area contributed by atoms with Crippen molar-refractivity contribution in [2.45, 2.75) is 36.5 Å². The maximum Gasteiger partial charge on any atom is 0.153 e. The highest BCUT2D eigenvalue weighted by atomic mass is 32.2. The van der Waals surface area contributed by atoms with Crippen LogP contribution in [-0.2, 0) is 9.84 Å². The number of sulfone groups is 1. The molecule has 0 aliphatic heterocycles. The molecular formula is C10H17NO2S. The van der Waals surface area contributed by atoms with Crippen molar-refractivity contribution in [3.8, 4) is 0 Å². The van der Waals surface area contributed by atoms with Gasteiger partial charge in [0.05, 0.1) is 4.75 Å². The summed E-state index contributed by atoms with van der Waals surface area (Å²) < 4.78 is 23.4. The van der Waals surface area contributed by atoms with Crippen LogP contribution in [0.3, 0.4) is 0 Å². The Balaban J connectivity index is 2.08. The van der Waals surface area contributed by atoms with Crippen molar-refractivity contribution in [1.82, 2.24) is 0 Å². The summed E-state index contributed by atoms with van der Waals surface area (Å²) >= 11 is 0. The Morgan fingerprint density at radius 2 is 1.71 bits per heavy atom. The van der Waals surface area contributed by atoms with E-state index < -0.39 is 9.84 Å². The van der Waals surface area contributed by atoms with Crippen LogP contribution in [0, 0.1) is 17.8 Å². The maximum absolute atomic E-state index is 11.9. The first-order valence-electron chi connectivity index (χ1n) is 5.39. The smallest absolute Gasteiger partial charge is 0.153 e. The van der Waals surface area contributed by atoms with E-state index in [1.807, 2.05) is 0 Å². The van der Waals surface area contributed by atoms with Crippen LogP contribution in [0.1, 0.15) is 25.7 Å². The first kappa shape index (κ1) is 9.16. The van der Waals surface area contributed by atoms with E-state index in [0.717, 1.165) is 25.7 Å². The summed E-state index contributed by atoms with van der Waals surface area (Å²) in [4.78, 5) is 0. The Hall–Kier alpha value is -0.0900. The van der Waals surface area contributed by atoms with Crippen LogP contribution in [0.2, 0.25) is 0 Å². The summed E-state index contributed by atoms with van der Waals surface area (Å²) in [5.74, 6) is 1.40. The molecule has 3 nitrogen and oxygen atoms in total. The van der Waals surface area contributed by atoms with Crippen LogP contribution >= 0.6 is 0 Å². The molecular weight excluding hydrogens is 198 g/mol. The average Bonchev–Trinajstić information content (AvgIpc) is 2.47. The molecule has 4 aliphatic carbocycles. The number of rotatable bonds is 1. The van der Waals surface area contributed by atoms with Crippen LogP contribution in [0.4, 0.5) is 0 Å². The quantitative estimate of drug-likeness (QED) is 0.694. The summed E-state index contributed by atoms with van der Waals surface area (Å²) in [6.45, 7) is 0. The van der Waals surface area contributed by atoms with Crippen LogP contribution in [0.5, 0.6) is 0 Å². The molecule has 2 N–H and O–H groups in total. The Kier molecular flexibility index (Phi) is 1.54. The van der Waals surface area contributed by atoms with Gasteiger partial charge in [0.2, 0.25) is 0 Å². The first-order chi connectivity index (χ1) is 6.44. The van der Waals surface area contributed by atoms with Gasteiger partial charge in [-0.05, 0) is 43.4 Å². The van der Waals surface area contributed by atoms with Crippen molar-refractivity contribution in [3.05, 3.63) is 0 Å². The molecule has 2 atom stereocenters. The predicted molar refractivity (Wildman–Crippen MR) is 54.5 cm³/mol. The van der Waals surface area contributed by atoms with Crippen molar-refractivity contribution < 1.29 is 8.42 Å². The Labute approximate surface area is 85.0 Å². The summed E-state index contributed by atoms with van der Waals surface area (Å²) in [5, 5.41) is 0. The molecule has 4 heteroatoms. The van der Waals surface area contributed by atoms with Gasteiger partial charge in [0, 0.05) is 12.3 Å². The van der Waals surface area contributed by atoms with Gasteiger partial charge >= 0.3 is 0 Å². The van der Waals surface area contributed by atoms with Crippen molar-refractivity contribution in [1.29, 1.82) is 0 Å². The largest absolute Gasteiger partial charge is 0.327 e. The van der Waals surface area contributed by atoms with Gasteiger partial charge in [-0.25, -0.2) is 8.42 Å². The van der Waals surface area contributed by atoms with Crippen LogP contribution < -0.4 is 5.73 Å². The standard InChI is InChI=1S/C10H17NO2S/c1-14(12,13)10-4-6-2-8(10)3-7(5-10)9(6)11/h6-9H,2-5,11H2,1H3. The molecule has 4 aliphatic rings. The highest BCUT2D eigenvalue weighted by molar-refractivity contribution is 7.92. The number of nitrogens with two attached hydrogens (primary N) is 1. The summed E-state index contributed by atoms with van der Waals surface area (Å²) in [5.41, 5.74) is 6.10. The third-order valence-electron chi connectivity index (χ3n) is 4.96. The zero-order chi connectivity index (χ0) is 10.1. The van der Waals surface area contributed by atoms with E-state index in [1.54, 1.807) is 0 Å². The van der Waals surface area contributed by atoms with E-state index in [0.29, 0.717) is 17.8 Å². The lowest BCUT2D eigenvalue weighted by Gasteiger charge is -2.35. The summed E-state index contributed by atoms with van der Waals surface area (Å²) in [7, 11) is -2.88. The molecule has 0 aromatic heterocycles. The molecule has 2 unspecified atom stereocenters. The topological polar surface area (TPSA) is 60.2 Å². The normalized spacial score (nSPS) is 55.6. The van der Waals surface area contributed by atoms with Gasteiger partial charge in [-0.15, -0.1) is 0 Å². The Morgan fingerprint density at radius 1 is 1.21 bits per heavy atom. The molecule has 80 valence electrons. The molecule has 4 rings (SSSR count). The molecule has 0 saturated heterocycles. The highest BCUT2D eigenvalue weighted by Gasteiger charge is 2.65. The first-order valence-corrected chi connectivity index (χ1v) is 7.28. The average molecular weight is 215 g/mol. The predicted octanol–water partition coefficient (Wildman–Crippen LogP) is 0.547. The second-order valence-corrected chi connectivity index (χ2v) is 7.87. The van der Waals surface area contributed by atoms with Gasteiger partial charge in [-0.2, -0.15) is 0 Å². The lowest BCUT2D eigenvalue weighted by molar-refractivity contribution is 0.231.